The first-order valence-corrected chi connectivity index (χ1v) is 5.22. The van der Waals surface area contributed by atoms with Crippen molar-refractivity contribution in [3.8, 4) is 0 Å². The quantitative estimate of drug-likeness (QED) is 0.568. The Morgan fingerprint density at radius 3 is 3.15 bits per heavy atom. The minimum atomic E-state index is 0. The van der Waals surface area contributed by atoms with Crippen molar-refractivity contribution >= 4 is 24.2 Å². The topological polar surface area (TPSA) is 37.8 Å². The van der Waals surface area contributed by atoms with E-state index in [4.69, 9.17) is 0 Å². The molecule has 1 aliphatic rings. The fourth-order valence-electron chi connectivity index (χ4n) is 1.31. The van der Waals surface area contributed by atoms with Crippen molar-refractivity contribution in [3.05, 3.63) is 17.5 Å². The number of nitrogens with zero attached hydrogens (tertiary/aromatic N) is 2. The molecule has 2 heterocycles. The normalized spacial score (nSPS) is 14.5. The van der Waals surface area contributed by atoms with Crippen molar-refractivity contribution in [2.45, 2.75) is 18.1 Å². The van der Waals surface area contributed by atoms with Crippen LogP contribution in [0.2, 0.25) is 0 Å². The van der Waals surface area contributed by atoms with Crippen LogP contribution in [0, 0.1) is 0 Å². The predicted molar refractivity (Wildman–Crippen MR) is 56.5 cm³/mol. The highest BCUT2D eigenvalue weighted by molar-refractivity contribution is 7.98. The van der Waals surface area contributed by atoms with Crippen molar-refractivity contribution in [3.63, 3.8) is 0 Å². The number of nitrogens with one attached hydrogen (secondary N) is 1. The molecule has 0 fully saturated rings. The Bertz CT molecular complexity index is 293. The van der Waals surface area contributed by atoms with Gasteiger partial charge in [0, 0.05) is 12.7 Å². The lowest BCUT2D eigenvalue weighted by atomic mass is 10.1. The van der Waals surface area contributed by atoms with Gasteiger partial charge in [-0.05, 0) is 24.8 Å². The Morgan fingerprint density at radius 1 is 1.54 bits per heavy atom. The molecule has 0 unspecified atom stereocenters. The molecule has 5 heteroatoms. The average molecular weight is 218 g/mol. The average Bonchev–Trinajstić information content (AvgIpc) is 2.17. The summed E-state index contributed by atoms with van der Waals surface area (Å²) in [6.07, 6.45) is 5.01. The van der Waals surface area contributed by atoms with Crippen molar-refractivity contribution in [2.24, 2.45) is 0 Å². The summed E-state index contributed by atoms with van der Waals surface area (Å²) in [5.74, 6) is 0. The van der Waals surface area contributed by atoms with Gasteiger partial charge in [-0.2, -0.15) is 0 Å². The highest BCUT2D eigenvalue weighted by Gasteiger charge is 2.10. The molecular weight excluding hydrogens is 206 g/mol. The molecule has 3 nitrogen and oxygen atoms in total. The fourth-order valence-corrected chi connectivity index (χ4v) is 1.67. The first kappa shape index (κ1) is 10.8. The van der Waals surface area contributed by atoms with Crippen molar-refractivity contribution in [1.29, 1.82) is 0 Å². The molecule has 1 aromatic rings. The second-order valence-corrected chi connectivity index (χ2v) is 3.53. The molecule has 0 spiro atoms. The van der Waals surface area contributed by atoms with Crippen LogP contribution in [-0.4, -0.2) is 22.8 Å². The van der Waals surface area contributed by atoms with Gasteiger partial charge in [-0.25, -0.2) is 9.97 Å². The van der Waals surface area contributed by atoms with Crippen LogP contribution in [0.25, 0.3) is 0 Å². The number of thioether (sulfide) groups is 1. The summed E-state index contributed by atoms with van der Waals surface area (Å²) in [7, 11) is 0. The maximum absolute atomic E-state index is 4.42. The molecule has 13 heavy (non-hydrogen) atoms. The summed E-state index contributed by atoms with van der Waals surface area (Å²) in [6, 6.07) is 0. The second-order valence-electron chi connectivity index (χ2n) is 2.76. The molecule has 0 amide bonds. The van der Waals surface area contributed by atoms with Crippen molar-refractivity contribution in [2.75, 3.05) is 12.8 Å². The van der Waals surface area contributed by atoms with Crippen LogP contribution in [0.4, 0.5) is 0 Å². The summed E-state index contributed by atoms with van der Waals surface area (Å²) < 4.78 is 0. The van der Waals surface area contributed by atoms with E-state index in [-0.39, 0.29) is 12.4 Å². The van der Waals surface area contributed by atoms with Crippen LogP contribution in [0.5, 0.6) is 0 Å². The Labute approximate surface area is 88.2 Å². The van der Waals surface area contributed by atoms with Crippen LogP contribution >= 0.6 is 24.2 Å². The third kappa shape index (κ3) is 2.33. The standard InChI is InChI=1S/C8H11N3S.ClH/c1-12-8-10-4-6-2-3-9-5-7(6)11-8;/h4,9H,2-3,5H2,1H3;1H. The third-order valence-electron chi connectivity index (χ3n) is 1.98. The van der Waals surface area contributed by atoms with E-state index in [0.717, 1.165) is 24.7 Å². The molecule has 1 aromatic heterocycles. The number of fused-ring (bicyclic) bond motifs is 1. The van der Waals surface area contributed by atoms with Gasteiger partial charge >= 0.3 is 0 Å². The molecule has 1 N–H and O–H groups in total. The summed E-state index contributed by atoms with van der Waals surface area (Å²) in [5, 5.41) is 4.17. The molecule has 0 saturated carbocycles. The van der Waals surface area contributed by atoms with E-state index in [2.05, 4.69) is 15.3 Å². The van der Waals surface area contributed by atoms with E-state index >= 15 is 0 Å². The Balaban J connectivity index is 0.000000845. The maximum atomic E-state index is 4.42. The first-order valence-electron chi connectivity index (χ1n) is 3.99. The largest absolute Gasteiger partial charge is 0.311 e. The van der Waals surface area contributed by atoms with Crippen LogP contribution in [-0.2, 0) is 13.0 Å². The summed E-state index contributed by atoms with van der Waals surface area (Å²) in [6.45, 7) is 1.94. The molecule has 72 valence electrons. The maximum Gasteiger partial charge on any atom is 0.187 e. The minimum absolute atomic E-state index is 0. The first-order chi connectivity index (χ1) is 5.90. The second kappa shape index (κ2) is 4.79. The summed E-state index contributed by atoms with van der Waals surface area (Å²) in [4.78, 5) is 8.66. The lowest BCUT2D eigenvalue weighted by molar-refractivity contribution is 0.613. The van der Waals surface area contributed by atoms with E-state index in [9.17, 15) is 0 Å². The molecule has 0 bridgehead atoms. The Kier molecular flexibility index (Phi) is 3.96. The Morgan fingerprint density at radius 2 is 2.38 bits per heavy atom. The SMILES string of the molecule is CSc1ncc2c(n1)CNCC2.Cl. The molecule has 0 saturated heterocycles. The van der Waals surface area contributed by atoms with Crippen LogP contribution < -0.4 is 5.32 Å². The smallest absolute Gasteiger partial charge is 0.187 e. The van der Waals surface area contributed by atoms with Gasteiger partial charge in [0.1, 0.15) is 0 Å². The van der Waals surface area contributed by atoms with Gasteiger partial charge in [0.05, 0.1) is 5.69 Å². The van der Waals surface area contributed by atoms with Crippen LogP contribution in [0.3, 0.4) is 0 Å². The lowest BCUT2D eigenvalue weighted by Gasteiger charge is -2.15. The zero-order valence-corrected chi connectivity index (χ0v) is 9.04. The zero-order valence-electron chi connectivity index (χ0n) is 7.41. The van der Waals surface area contributed by atoms with Crippen molar-refractivity contribution in [1.82, 2.24) is 15.3 Å². The number of aromatic nitrogens is 2. The van der Waals surface area contributed by atoms with Gasteiger partial charge < -0.3 is 5.32 Å². The van der Waals surface area contributed by atoms with Gasteiger partial charge in [0.2, 0.25) is 0 Å². The van der Waals surface area contributed by atoms with Crippen LogP contribution in [0.1, 0.15) is 11.3 Å². The predicted octanol–water partition coefficient (Wildman–Crippen LogP) is 1.27. The lowest BCUT2D eigenvalue weighted by Crippen LogP contribution is -2.25. The van der Waals surface area contributed by atoms with Gasteiger partial charge in [-0.15, -0.1) is 12.4 Å². The highest BCUT2D eigenvalue weighted by Crippen LogP contribution is 2.14. The summed E-state index contributed by atoms with van der Waals surface area (Å²) >= 11 is 1.59. The van der Waals surface area contributed by atoms with Gasteiger partial charge in [-0.3, -0.25) is 0 Å². The zero-order chi connectivity index (χ0) is 8.39. The molecule has 0 atom stereocenters. The summed E-state index contributed by atoms with van der Waals surface area (Å²) in [5.41, 5.74) is 2.46. The third-order valence-corrected chi connectivity index (χ3v) is 2.54. The molecule has 1 aliphatic heterocycles. The minimum Gasteiger partial charge on any atom is -0.311 e. The van der Waals surface area contributed by atoms with Gasteiger partial charge in [0.15, 0.2) is 5.16 Å². The van der Waals surface area contributed by atoms with Gasteiger partial charge in [0.25, 0.3) is 0 Å². The van der Waals surface area contributed by atoms with Crippen molar-refractivity contribution < 1.29 is 0 Å². The number of halogens is 1. The van der Waals surface area contributed by atoms with E-state index < -0.39 is 0 Å². The van der Waals surface area contributed by atoms with E-state index in [1.807, 2.05) is 12.5 Å². The molecule has 2 rings (SSSR count). The van der Waals surface area contributed by atoms with E-state index in [1.165, 1.54) is 11.3 Å². The number of rotatable bonds is 1. The van der Waals surface area contributed by atoms with E-state index in [1.54, 1.807) is 11.8 Å². The number of hydrogen-bond acceptors (Lipinski definition) is 4. The molecule has 0 radical (unpaired) electrons. The molecular formula is C8H12ClN3S. The van der Waals surface area contributed by atoms with E-state index in [0.29, 0.717) is 0 Å². The highest BCUT2D eigenvalue weighted by atomic mass is 35.5. The van der Waals surface area contributed by atoms with Gasteiger partial charge in [-0.1, -0.05) is 11.8 Å². The fraction of sp³-hybridized carbons (Fsp3) is 0.500. The Hall–Kier alpha value is -0.320. The molecule has 0 aliphatic carbocycles. The monoisotopic (exact) mass is 217 g/mol. The van der Waals surface area contributed by atoms with Crippen LogP contribution in [0.15, 0.2) is 11.4 Å². The number of hydrogen-bond donors (Lipinski definition) is 1. The molecule has 0 aromatic carbocycles.